The first-order valence-corrected chi connectivity index (χ1v) is 7.31. The fourth-order valence-corrected chi connectivity index (χ4v) is 2.73. The molecule has 0 aromatic heterocycles. The molecule has 100 valence electrons. The number of carbonyl (C=O) groups is 2. The number of carbonyl (C=O) groups excluding carboxylic acids is 2. The maximum absolute atomic E-state index is 11.7. The molecule has 1 aromatic carbocycles. The molecule has 1 saturated heterocycles. The number of hydrogen-bond acceptors (Lipinski definition) is 4. The zero-order valence-electron chi connectivity index (χ0n) is 9.89. The van der Waals surface area contributed by atoms with E-state index in [1.54, 1.807) is 12.1 Å². The average molecular weight is 315 g/mol. The minimum absolute atomic E-state index is 0.0156. The van der Waals surface area contributed by atoms with Crippen LogP contribution in [0.2, 0.25) is 5.02 Å². The van der Waals surface area contributed by atoms with Gasteiger partial charge >= 0.3 is 0 Å². The van der Waals surface area contributed by atoms with Gasteiger partial charge < -0.3 is 5.32 Å². The summed E-state index contributed by atoms with van der Waals surface area (Å²) in [5.41, 5.74) is 0.947. The number of halogens is 1. The Morgan fingerprint density at radius 2 is 2.11 bits per heavy atom. The van der Waals surface area contributed by atoms with E-state index in [1.165, 1.54) is 16.7 Å². The molecule has 0 saturated carbocycles. The maximum atomic E-state index is 11.7. The van der Waals surface area contributed by atoms with Gasteiger partial charge in [-0.2, -0.15) is 0 Å². The van der Waals surface area contributed by atoms with Crippen molar-refractivity contribution >= 4 is 51.7 Å². The summed E-state index contributed by atoms with van der Waals surface area (Å²) >= 11 is 12.1. The zero-order chi connectivity index (χ0) is 13.8. The molecule has 0 aliphatic carbocycles. The summed E-state index contributed by atoms with van der Waals surface area (Å²) in [6, 6.07) is 7.20. The van der Waals surface area contributed by atoms with Gasteiger partial charge in [0.05, 0.1) is 5.75 Å². The molecule has 1 aromatic rings. The molecule has 1 aliphatic heterocycles. The summed E-state index contributed by atoms with van der Waals surface area (Å²) in [6.07, 6.45) is 0. The van der Waals surface area contributed by atoms with Gasteiger partial charge in [0.2, 0.25) is 11.8 Å². The Kier molecular flexibility index (Phi) is 4.79. The van der Waals surface area contributed by atoms with Crippen LogP contribution in [-0.2, 0) is 16.1 Å². The SMILES string of the molecule is O=C(CN1C(=O)CSC1=S)NCc1ccc(Cl)cc1. The molecule has 1 N–H and O–H groups in total. The fourth-order valence-electron chi connectivity index (χ4n) is 1.54. The Hall–Kier alpha value is -1.11. The van der Waals surface area contributed by atoms with Crippen molar-refractivity contribution in [2.45, 2.75) is 6.54 Å². The van der Waals surface area contributed by atoms with E-state index in [4.69, 9.17) is 23.8 Å². The van der Waals surface area contributed by atoms with Crippen molar-refractivity contribution in [1.29, 1.82) is 0 Å². The van der Waals surface area contributed by atoms with Crippen LogP contribution in [0.1, 0.15) is 5.56 Å². The van der Waals surface area contributed by atoms with E-state index in [0.717, 1.165) is 5.56 Å². The Bertz CT molecular complexity index is 503. The quantitative estimate of drug-likeness (QED) is 0.861. The number of hydrogen-bond donors (Lipinski definition) is 1. The summed E-state index contributed by atoms with van der Waals surface area (Å²) in [5.74, 6) is -0.0201. The summed E-state index contributed by atoms with van der Waals surface area (Å²) in [4.78, 5) is 24.5. The monoisotopic (exact) mass is 314 g/mol. The van der Waals surface area contributed by atoms with Crippen molar-refractivity contribution in [1.82, 2.24) is 10.2 Å². The molecule has 0 spiro atoms. The minimum Gasteiger partial charge on any atom is -0.350 e. The third-order valence-electron chi connectivity index (χ3n) is 2.55. The molecule has 0 atom stereocenters. The Balaban J connectivity index is 1.83. The predicted molar refractivity (Wildman–Crippen MR) is 80.1 cm³/mol. The van der Waals surface area contributed by atoms with E-state index >= 15 is 0 Å². The standard InChI is InChI=1S/C12H11ClN2O2S2/c13-9-3-1-8(2-4-9)5-14-10(16)6-15-11(17)7-19-12(15)18/h1-4H,5-7H2,(H,14,16). The van der Waals surface area contributed by atoms with Crippen LogP contribution in [0.3, 0.4) is 0 Å². The van der Waals surface area contributed by atoms with E-state index < -0.39 is 0 Å². The molecule has 1 heterocycles. The second kappa shape index (κ2) is 6.36. The first-order valence-electron chi connectivity index (χ1n) is 5.54. The first-order chi connectivity index (χ1) is 9.06. The Morgan fingerprint density at radius 1 is 1.42 bits per heavy atom. The van der Waals surface area contributed by atoms with E-state index in [0.29, 0.717) is 21.6 Å². The molecule has 1 aliphatic rings. The topological polar surface area (TPSA) is 49.4 Å². The number of nitrogens with zero attached hydrogens (tertiary/aromatic N) is 1. The summed E-state index contributed by atoms with van der Waals surface area (Å²) in [5, 5.41) is 3.39. The van der Waals surface area contributed by atoms with Gasteiger partial charge in [-0.15, -0.1) is 0 Å². The molecule has 7 heteroatoms. The fraction of sp³-hybridized carbons (Fsp3) is 0.250. The van der Waals surface area contributed by atoms with Crippen LogP contribution >= 0.6 is 35.6 Å². The molecular formula is C12H11ClN2O2S2. The van der Waals surface area contributed by atoms with Gasteiger partial charge in [0.15, 0.2) is 0 Å². The second-order valence-electron chi connectivity index (χ2n) is 3.94. The Labute approximate surface area is 125 Å². The molecular weight excluding hydrogens is 304 g/mol. The van der Waals surface area contributed by atoms with Crippen LogP contribution in [0.5, 0.6) is 0 Å². The average Bonchev–Trinajstić information content (AvgIpc) is 2.70. The van der Waals surface area contributed by atoms with Gasteiger partial charge in [-0.05, 0) is 17.7 Å². The van der Waals surface area contributed by atoms with Crippen molar-refractivity contribution in [3.63, 3.8) is 0 Å². The van der Waals surface area contributed by atoms with Crippen molar-refractivity contribution in [3.05, 3.63) is 34.9 Å². The van der Waals surface area contributed by atoms with Gasteiger partial charge in [0.1, 0.15) is 10.9 Å². The largest absolute Gasteiger partial charge is 0.350 e. The third kappa shape index (κ3) is 3.92. The highest BCUT2D eigenvalue weighted by atomic mass is 35.5. The van der Waals surface area contributed by atoms with E-state index in [2.05, 4.69) is 5.32 Å². The Morgan fingerprint density at radius 3 is 2.68 bits per heavy atom. The lowest BCUT2D eigenvalue weighted by Gasteiger charge is -2.14. The number of thiocarbonyl (C=S) groups is 1. The molecule has 2 rings (SSSR count). The maximum Gasteiger partial charge on any atom is 0.240 e. The van der Waals surface area contributed by atoms with Crippen molar-refractivity contribution in [3.8, 4) is 0 Å². The molecule has 0 radical (unpaired) electrons. The lowest BCUT2D eigenvalue weighted by atomic mass is 10.2. The second-order valence-corrected chi connectivity index (χ2v) is 5.98. The van der Waals surface area contributed by atoms with Gasteiger partial charge in [0, 0.05) is 11.6 Å². The van der Waals surface area contributed by atoms with Crippen LogP contribution in [0.4, 0.5) is 0 Å². The van der Waals surface area contributed by atoms with E-state index in [1.807, 2.05) is 12.1 Å². The molecule has 0 unspecified atom stereocenters. The lowest BCUT2D eigenvalue weighted by Crippen LogP contribution is -2.39. The van der Waals surface area contributed by atoms with Gasteiger partial charge in [-0.3, -0.25) is 14.5 Å². The van der Waals surface area contributed by atoms with E-state index in [-0.39, 0.29) is 18.4 Å². The van der Waals surface area contributed by atoms with E-state index in [9.17, 15) is 9.59 Å². The smallest absolute Gasteiger partial charge is 0.240 e. The minimum atomic E-state index is -0.229. The first kappa shape index (κ1) is 14.3. The molecule has 4 nitrogen and oxygen atoms in total. The van der Waals surface area contributed by atoms with Crippen LogP contribution in [-0.4, -0.2) is 33.3 Å². The normalized spacial score (nSPS) is 14.9. The number of thioether (sulfide) groups is 1. The van der Waals surface area contributed by atoms with Crippen LogP contribution < -0.4 is 5.32 Å². The predicted octanol–water partition coefficient (Wildman–Crippen LogP) is 1.82. The van der Waals surface area contributed by atoms with Gasteiger partial charge in [-0.1, -0.05) is 47.7 Å². The van der Waals surface area contributed by atoms with Crippen molar-refractivity contribution in [2.24, 2.45) is 0 Å². The lowest BCUT2D eigenvalue weighted by molar-refractivity contribution is -0.129. The zero-order valence-corrected chi connectivity index (χ0v) is 12.3. The number of amides is 2. The molecule has 19 heavy (non-hydrogen) atoms. The van der Waals surface area contributed by atoms with Crippen LogP contribution in [0, 0.1) is 0 Å². The van der Waals surface area contributed by atoms with Gasteiger partial charge in [-0.25, -0.2) is 0 Å². The molecule has 0 bridgehead atoms. The van der Waals surface area contributed by atoms with Gasteiger partial charge in [0.25, 0.3) is 0 Å². The van der Waals surface area contributed by atoms with Crippen LogP contribution in [0.15, 0.2) is 24.3 Å². The van der Waals surface area contributed by atoms with Crippen molar-refractivity contribution in [2.75, 3.05) is 12.3 Å². The van der Waals surface area contributed by atoms with Crippen molar-refractivity contribution < 1.29 is 9.59 Å². The molecule has 2 amide bonds. The number of benzene rings is 1. The number of nitrogens with one attached hydrogen (secondary N) is 1. The summed E-state index contributed by atoms with van der Waals surface area (Å²) < 4.78 is 0.464. The highest BCUT2D eigenvalue weighted by Crippen LogP contribution is 2.18. The highest BCUT2D eigenvalue weighted by molar-refractivity contribution is 8.23. The van der Waals surface area contributed by atoms with Crippen LogP contribution in [0.25, 0.3) is 0 Å². The highest BCUT2D eigenvalue weighted by Gasteiger charge is 2.28. The number of rotatable bonds is 4. The third-order valence-corrected chi connectivity index (χ3v) is 4.23. The summed E-state index contributed by atoms with van der Waals surface area (Å²) in [7, 11) is 0. The molecule has 1 fully saturated rings. The summed E-state index contributed by atoms with van der Waals surface area (Å²) in [6.45, 7) is 0.385.